The standard InChI is InChI=1S/C23H35BN2O/c1-2-5-9-13-18(12-8-4-1)20-16-17-21-22(25-20)27-23(26-21)24-19-14-10-6-3-7-11-15-19/h16-19,24H,1-15H2. The van der Waals surface area contributed by atoms with E-state index in [-0.39, 0.29) is 0 Å². The number of rotatable bonds is 3. The molecule has 0 aromatic carbocycles. The summed E-state index contributed by atoms with van der Waals surface area (Å²) >= 11 is 0. The van der Waals surface area contributed by atoms with Crippen molar-refractivity contribution in [1.82, 2.24) is 9.97 Å². The van der Waals surface area contributed by atoms with Crippen LogP contribution in [0.5, 0.6) is 0 Å². The number of pyridine rings is 1. The molecular weight excluding hydrogens is 331 g/mol. The first kappa shape index (κ1) is 19.0. The van der Waals surface area contributed by atoms with Gasteiger partial charge in [-0.15, -0.1) is 0 Å². The Balaban J connectivity index is 1.45. The molecule has 0 unspecified atom stereocenters. The number of aromatic nitrogens is 2. The number of fused-ring (bicyclic) bond motifs is 1. The van der Waals surface area contributed by atoms with Gasteiger partial charge < -0.3 is 4.42 Å². The summed E-state index contributed by atoms with van der Waals surface area (Å²) in [6.07, 6.45) is 20.4. The average Bonchev–Trinajstić information content (AvgIpc) is 3.10. The van der Waals surface area contributed by atoms with Crippen LogP contribution in [-0.2, 0) is 0 Å². The van der Waals surface area contributed by atoms with Gasteiger partial charge in [-0.05, 0) is 25.0 Å². The topological polar surface area (TPSA) is 38.9 Å². The summed E-state index contributed by atoms with van der Waals surface area (Å²) in [7, 11) is 0.995. The van der Waals surface area contributed by atoms with E-state index in [2.05, 4.69) is 12.1 Å². The van der Waals surface area contributed by atoms with Crippen LogP contribution >= 0.6 is 0 Å². The highest BCUT2D eigenvalue weighted by Crippen LogP contribution is 2.30. The Hall–Kier alpha value is -1.32. The van der Waals surface area contributed by atoms with Crippen molar-refractivity contribution >= 4 is 24.3 Å². The van der Waals surface area contributed by atoms with Crippen molar-refractivity contribution in [2.45, 2.75) is 108 Å². The van der Waals surface area contributed by atoms with Crippen molar-refractivity contribution in [3.05, 3.63) is 17.8 Å². The smallest absolute Gasteiger partial charge is 0.246 e. The second-order valence-corrected chi connectivity index (χ2v) is 8.98. The third-order valence-corrected chi connectivity index (χ3v) is 6.78. The Labute approximate surface area is 165 Å². The molecule has 0 N–H and O–H groups in total. The van der Waals surface area contributed by atoms with Crippen LogP contribution in [0.3, 0.4) is 0 Å². The third-order valence-electron chi connectivity index (χ3n) is 6.78. The number of nitrogens with zero attached hydrogens (tertiary/aromatic N) is 2. The minimum Gasteiger partial charge on any atom is -0.433 e. The minimum absolute atomic E-state index is 0.603. The first-order valence-corrected chi connectivity index (χ1v) is 11.6. The van der Waals surface area contributed by atoms with Crippen molar-refractivity contribution in [3.63, 3.8) is 0 Å². The van der Waals surface area contributed by atoms with Gasteiger partial charge in [0.2, 0.25) is 13.0 Å². The molecule has 2 saturated carbocycles. The number of hydrogen-bond donors (Lipinski definition) is 0. The van der Waals surface area contributed by atoms with Gasteiger partial charge in [-0.2, -0.15) is 0 Å². The number of hydrogen-bond acceptors (Lipinski definition) is 3. The van der Waals surface area contributed by atoms with Gasteiger partial charge in [0.05, 0.1) is 0 Å². The molecule has 3 nitrogen and oxygen atoms in total. The quantitative estimate of drug-likeness (QED) is 0.622. The van der Waals surface area contributed by atoms with Crippen LogP contribution in [-0.4, -0.2) is 17.2 Å². The molecule has 2 aliphatic rings. The van der Waals surface area contributed by atoms with Gasteiger partial charge in [-0.1, -0.05) is 89.3 Å². The second-order valence-electron chi connectivity index (χ2n) is 8.98. The molecule has 27 heavy (non-hydrogen) atoms. The van der Waals surface area contributed by atoms with Crippen molar-refractivity contribution in [2.75, 3.05) is 0 Å². The fourth-order valence-corrected chi connectivity index (χ4v) is 5.11. The Bertz CT molecular complexity index is 695. The average molecular weight is 366 g/mol. The van der Waals surface area contributed by atoms with Crippen molar-refractivity contribution in [1.29, 1.82) is 0 Å². The third kappa shape index (κ3) is 5.36. The van der Waals surface area contributed by atoms with Gasteiger partial charge in [0.1, 0.15) is 11.3 Å². The van der Waals surface area contributed by atoms with E-state index in [4.69, 9.17) is 14.4 Å². The summed E-state index contributed by atoms with van der Waals surface area (Å²) in [6.45, 7) is 0. The van der Waals surface area contributed by atoms with E-state index in [0.29, 0.717) is 5.92 Å². The molecule has 0 atom stereocenters. The normalized spacial score (nSPS) is 21.8. The van der Waals surface area contributed by atoms with Gasteiger partial charge in [0.25, 0.3) is 0 Å². The lowest BCUT2D eigenvalue weighted by atomic mass is 9.60. The molecule has 4 rings (SSSR count). The summed E-state index contributed by atoms with van der Waals surface area (Å²) in [5.41, 5.74) is 2.95. The molecule has 0 amide bonds. The maximum Gasteiger partial charge on any atom is 0.246 e. The van der Waals surface area contributed by atoms with E-state index >= 15 is 0 Å². The van der Waals surface area contributed by atoms with Crippen LogP contribution in [0, 0.1) is 0 Å². The molecular formula is C23H35BN2O. The first-order valence-electron chi connectivity index (χ1n) is 11.6. The monoisotopic (exact) mass is 366 g/mol. The highest BCUT2D eigenvalue weighted by molar-refractivity contribution is 6.52. The molecule has 0 aliphatic heterocycles. The molecule has 0 radical (unpaired) electrons. The Morgan fingerprint density at radius 2 is 1.30 bits per heavy atom. The lowest BCUT2D eigenvalue weighted by molar-refractivity contribution is 0.500. The Morgan fingerprint density at radius 3 is 1.96 bits per heavy atom. The second kappa shape index (κ2) is 9.75. The SMILES string of the molecule is B(c1nc2ccc(C3CCCCCCCC3)nc2o1)C1CCCCCCC1. The summed E-state index contributed by atoms with van der Waals surface area (Å²) in [5, 5.41) is 0. The van der Waals surface area contributed by atoms with Crippen LogP contribution in [0.15, 0.2) is 16.5 Å². The molecule has 0 bridgehead atoms. The van der Waals surface area contributed by atoms with Crippen molar-refractivity contribution < 1.29 is 4.42 Å². The zero-order chi connectivity index (χ0) is 18.3. The molecule has 2 aromatic rings. The zero-order valence-corrected chi connectivity index (χ0v) is 16.9. The number of oxazole rings is 1. The molecule has 0 spiro atoms. The molecule has 2 heterocycles. The maximum atomic E-state index is 6.13. The predicted octanol–water partition coefficient (Wildman–Crippen LogP) is 6.04. The molecule has 146 valence electrons. The van der Waals surface area contributed by atoms with E-state index in [9.17, 15) is 0 Å². The Morgan fingerprint density at radius 1 is 0.704 bits per heavy atom. The summed E-state index contributed by atoms with van der Waals surface area (Å²) in [4.78, 5) is 9.69. The highest BCUT2D eigenvalue weighted by atomic mass is 16.4. The fourth-order valence-electron chi connectivity index (χ4n) is 5.11. The lowest BCUT2D eigenvalue weighted by Gasteiger charge is -2.16. The molecule has 2 aliphatic carbocycles. The largest absolute Gasteiger partial charge is 0.433 e. The van der Waals surface area contributed by atoms with E-state index in [0.717, 1.165) is 30.1 Å². The van der Waals surface area contributed by atoms with E-state index in [1.54, 1.807) is 0 Å². The van der Waals surface area contributed by atoms with E-state index in [1.165, 1.54) is 102 Å². The lowest BCUT2D eigenvalue weighted by Crippen LogP contribution is -2.21. The fraction of sp³-hybridized carbons (Fsp3) is 0.739. The van der Waals surface area contributed by atoms with Gasteiger partial charge in [0.15, 0.2) is 0 Å². The van der Waals surface area contributed by atoms with Gasteiger partial charge in [-0.3, -0.25) is 0 Å². The molecule has 2 fully saturated rings. The summed E-state index contributed by atoms with van der Waals surface area (Å²) < 4.78 is 6.13. The van der Waals surface area contributed by atoms with Crippen LogP contribution < -0.4 is 5.79 Å². The first-order chi connectivity index (χ1) is 13.4. The molecule has 4 heteroatoms. The summed E-state index contributed by atoms with van der Waals surface area (Å²) in [5.74, 6) is 2.26. The van der Waals surface area contributed by atoms with Gasteiger partial charge >= 0.3 is 0 Å². The summed E-state index contributed by atoms with van der Waals surface area (Å²) in [6, 6.07) is 4.36. The molecule has 0 saturated heterocycles. The van der Waals surface area contributed by atoms with Gasteiger partial charge in [0, 0.05) is 11.6 Å². The van der Waals surface area contributed by atoms with Crippen LogP contribution in [0.2, 0.25) is 5.82 Å². The predicted molar refractivity (Wildman–Crippen MR) is 114 cm³/mol. The van der Waals surface area contributed by atoms with Crippen LogP contribution in [0.25, 0.3) is 11.2 Å². The molecule has 2 aromatic heterocycles. The Kier molecular flexibility index (Phi) is 6.87. The van der Waals surface area contributed by atoms with E-state index in [1.807, 2.05) is 0 Å². The zero-order valence-electron chi connectivity index (χ0n) is 16.9. The van der Waals surface area contributed by atoms with Crippen molar-refractivity contribution in [2.24, 2.45) is 0 Å². The van der Waals surface area contributed by atoms with E-state index < -0.39 is 0 Å². The highest BCUT2D eigenvalue weighted by Gasteiger charge is 2.20. The van der Waals surface area contributed by atoms with Crippen LogP contribution in [0.1, 0.15) is 108 Å². The van der Waals surface area contributed by atoms with Crippen molar-refractivity contribution in [3.8, 4) is 0 Å². The van der Waals surface area contributed by atoms with Gasteiger partial charge in [-0.25, -0.2) is 9.97 Å². The maximum absolute atomic E-state index is 6.13. The van der Waals surface area contributed by atoms with Crippen LogP contribution in [0.4, 0.5) is 0 Å². The minimum atomic E-state index is 0.603.